The fourth-order valence-corrected chi connectivity index (χ4v) is 1.87. The van der Waals surface area contributed by atoms with E-state index in [1.54, 1.807) is 0 Å². The minimum absolute atomic E-state index is 0.400. The van der Waals surface area contributed by atoms with Gasteiger partial charge in [0.25, 0.3) is 0 Å². The van der Waals surface area contributed by atoms with Crippen LogP contribution in [0.4, 0.5) is 0 Å². The van der Waals surface area contributed by atoms with Gasteiger partial charge < -0.3 is 9.47 Å². The van der Waals surface area contributed by atoms with Gasteiger partial charge in [-0.3, -0.25) is 0 Å². The Kier molecular flexibility index (Phi) is 13.9. The molecule has 1 unspecified atom stereocenters. The first-order chi connectivity index (χ1) is 8.35. The van der Waals surface area contributed by atoms with E-state index in [1.165, 1.54) is 32.1 Å². The average molecular weight is 243 g/mol. The maximum Gasteiger partial charge on any atom is 0.0596 e. The minimum Gasteiger partial charge on any atom is -0.381 e. The Morgan fingerprint density at radius 1 is 0.941 bits per heavy atom. The maximum atomic E-state index is 5.74. The molecule has 0 aliphatic heterocycles. The predicted octanol–water partition coefficient (Wildman–Crippen LogP) is 4.38. The Morgan fingerprint density at radius 3 is 2.41 bits per heavy atom. The van der Waals surface area contributed by atoms with Crippen LogP contribution in [0.1, 0.15) is 65.2 Å². The first kappa shape index (κ1) is 16.9. The van der Waals surface area contributed by atoms with E-state index >= 15 is 0 Å². The Balaban J connectivity index is 3.45. The third-order valence-corrected chi connectivity index (χ3v) is 2.90. The van der Waals surface area contributed by atoms with Gasteiger partial charge in [-0.1, -0.05) is 46.0 Å². The van der Waals surface area contributed by atoms with Crippen molar-refractivity contribution >= 4 is 0 Å². The van der Waals surface area contributed by atoms with Crippen molar-refractivity contribution in [2.24, 2.45) is 0 Å². The summed E-state index contributed by atoms with van der Waals surface area (Å²) < 4.78 is 11.3. The van der Waals surface area contributed by atoms with E-state index in [1.807, 2.05) is 0 Å². The summed E-state index contributed by atoms with van der Waals surface area (Å²) in [4.78, 5) is 0. The van der Waals surface area contributed by atoms with Crippen LogP contribution in [0.3, 0.4) is 0 Å². The van der Waals surface area contributed by atoms with Crippen molar-refractivity contribution in [2.75, 3.05) is 19.8 Å². The summed E-state index contributed by atoms with van der Waals surface area (Å²) in [5.41, 5.74) is 0. The summed E-state index contributed by atoms with van der Waals surface area (Å²) in [5.74, 6) is 0. The number of ether oxygens (including phenoxy) is 2. The molecule has 0 aliphatic carbocycles. The number of hydrogen-bond donors (Lipinski definition) is 0. The second-order valence-electron chi connectivity index (χ2n) is 4.53. The van der Waals surface area contributed by atoms with E-state index < -0.39 is 0 Å². The zero-order valence-electron chi connectivity index (χ0n) is 11.9. The molecule has 103 valence electrons. The van der Waals surface area contributed by atoms with Gasteiger partial charge in [-0.25, -0.2) is 0 Å². The fourth-order valence-electron chi connectivity index (χ4n) is 1.87. The van der Waals surface area contributed by atoms with Crippen molar-refractivity contribution in [1.29, 1.82) is 0 Å². The summed E-state index contributed by atoms with van der Waals surface area (Å²) in [5, 5.41) is 0. The van der Waals surface area contributed by atoms with Gasteiger partial charge in [0, 0.05) is 19.8 Å². The van der Waals surface area contributed by atoms with E-state index in [9.17, 15) is 0 Å². The van der Waals surface area contributed by atoms with Crippen LogP contribution < -0.4 is 0 Å². The molecule has 0 bridgehead atoms. The minimum atomic E-state index is 0.400. The molecule has 0 aromatic carbocycles. The van der Waals surface area contributed by atoms with Crippen LogP contribution in [-0.2, 0) is 9.47 Å². The van der Waals surface area contributed by atoms with Crippen molar-refractivity contribution in [1.82, 2.24) is 0 Å². The molecule has 0 fully saturated rings. The fraction of sp³-hybridized carbons (Fsp3) is 0.933. The molecular formula is C15H31O2. The normalized spacial score (nSPS) is 12.9. The molecule has 0 aromatic rings. The topological polar surface area (TPSA) is 18.5 Å². The van der Waals surface area contributed by atoms with Crippen LogP contribution in [0.5, 0.6) is 0 Å². The number of rotatable bonds is 13. The van der Waals surface area contributed by atoms with Crippen molar-refractivity contribution in [3.8, 4) is 0 Å². The lowest BCUT2D eigenvalue weighted by atomic mass is 10.1. The lowest BCUT2D eigenvalue weighted by molar-refractivity contribution is 0.0214. The number of unbranched alkanes of at least 4 members (excludes halogenated alkanes) is 4. The van der Waals surface area contributed by atoms with Gasteiger partial charge in [-0.15, -0.1) is 0 Å². The molecule has 0 heterocycles. The quantitative estimate of drug-likeness (QED) is 0.447. The van der Waals surface area contributed by atoms with Gasteiger partial charge in [0.05, 0.1) is 6.10 Å². The Morgan fingerprint density at radius 2 is 1.76 bits per heavy atom. The highest BCUT2D eigenvalue weighted by Gasteiger charge is 2.07. The monoisotopic (exact) mass is 243 g/mol. The lowest BCUT2D eigenvalue weighted by Gasteiger charge is -2.17. The maximum absolute atomic E-state index is 5.74. The zero-order valence-corrected chi connectivity index (χ0v) is 11.9. The molecule has 0 aliphatic rings. The van der Waals surface area contributed by atoms with Gasteiger partial charge >= 0.3 is 0 Å². The van der Waals surface area contributed by atoms with Gasteiger partial charge in [0.15, 0.2) is 0 Å². The number of hydrogen-bond acceptors (Lipinski definition) is 2. The first-order valence-corrected chi connectivity index (χ1v) is 7.33. The van der Waals surface area contributed by atoms with Crippen molar-refractivity contribution in [2.45, 2.75) is 71.3 Å². The summed E-state index contributed by atoms with van der Waals surface area (Å²) in [6.07, 6.45) is 9.92. The Hall–Kier alpha value is -0.0800. The van der Waals surface area contributed by atoms with Crippen LogP contribution >= 0.6 is 0 Å². The molecule has 1 atom stereocenters. The zero-order chi connectivity index (χ0) is 12.8. The molecule has 0 amide bonds. The van der Waals surface area contributed by atoms with Crippen LogP contribution in [0.2, 0.25) is 0 Å². The molecule has 0 N–H and O–H groups in total. The van der Waals surface area contributed by atoms with E-state index in [-0.39, 0.29) is 0 Å². The highest BCUT2D eigenvalue weighted by molar-refractivity contribution is 4.58. The second kappa shape index (κ2) is 14.0. The van der Waals surface area contributed by atoms with Gasteiger partial charge in [0.2, 0.25) is 0 Å². The van der Waals surface area contributed by atoms with Gasteiger partial charge in [-0.05, 0) is 26.2 Å². The van der Waals surface area contributed by atoms with Crippen LogP contribution in [-0.4, -0.2) is 25.9 Å². The molecule has 0 saturated heterocycles. The molecule has 2 heteroatoms. The van der Waals surface area contributed by atoms with E-state index in [2.05, 4.69) is 20.8 Å². The van der Waals surface area contributed by atoms with E-state index in [4.69, 9.17) is 9.47 Å². The summed E-state index contributed by atoms with van der Waals surface area (Å²) >= 11 is 0. The third kappa shape index (κ3) is 12.2. The van der Waals surface area contributed by atoms with Crippen LogP contribution in [0.25, 0.3) is 0 Å². The highest BCUT2D eigenvalue weighted by Crippen LogP contribution is 2.11. The van der Waals surface area contributed by atoms with Crippen LogP contribution in [0, 0.1) is 6.92 Å². The Labute approximate surface area is 108 Å². The van der Waals surface area contributed by atoms with Crippen molar-refractivity contribution < 1.29 is 9.47 Å². The van der Waals surface area contributed by atoms with E-state index in [0.29, 0.717) is 6.10 Å². The SMILES string of the molecule is [CH2]CCCOCCC(CCCCCC)OCC. The van der Waals surface area contributed by atoms with Gasteiger partial charge in [0.1, 0.15) is 0 Å². The van der Waals surface area contributed by atoms with Crippen molar-refractivity contribution in [3.63, 3.8) is 0 Å². The Bertz CT molecular complexity index is 137. The molecule has 0 saturated carbocycles. The van der Waals surface area contributed by atoms with Crippen molar-refractivity contribution in [3.05, 3.63) is 6.92 Å². The molecule has 0 aromatic heterocycles. The van der Waals surface area contributed by atoms with Crippen LogP contribution in [0.15, 0.2) is 0 Å². The molecule has 2 nitrogen and oxygen atoms in total. The third-order valence-electron chi connectivity index (χ3n) is 2.90. The highest BCUT2D eigenvalue weighted by atomic mass is 16.5. The molecule has 0 spiro atoms. The lowest BCUT2D eigenvalue weighted by Crippen LogP contribution is -2.16. The molecule has 1 radical (unpaired) electrons. The molecule has 17 heavy (non-hydrogen) atoms. The van der Waals surface area contributed by atoms with E-state index in [0.717, 1.165) is 39.1 Å². The molecular weight excluding hydrogens is 212 g/mol. The predicted molar refractivity (Wildman–Crippen MR) is 74.2 cm³/mol. The van der Waals surface area contributed by atoms with Gasteiger partial charge in [-0.2, -0.15) is 0 Å². The average Bonchev–Trinajstić information content (AvgIpc) is 2.34. The summed E-state index contributed by atoms with van der Waals surface area (Å²) in [6, 6.07) is 0. The first-order valence-electron chi connectivity index (χ1n) is 7.33. The largest absolute Gasteiger partial charge is 0.381 e. The standard InChI is InChI=1S/C15H31O2/c1-4-7-9-10-11-15(17-6-3)12-14-16-13-8-5-2/h15H,2,4-14H2,1,3H3. The molecule has 0 rings (SSSR count). The smallest absolute Gasteiger partial charge is 0.0596 e. The summed E-state index contributed by atoms with van der Waals surface area (Å²) in [7, 11) is 0. The second-order valence-corrected chi connectivity index (χ2v) is 4.53. The summed E-state index contributed by atoms with van der Waals surface area (Å²) in [6.45, 7) is 10.6.